The molecule has 1 amide bonds. The summed E-state index contributed by atoms with van der Waals surface area (Å²) in [5.74, 6) is 0.765. The maximum atomic E-state index is 13.3. The van der Waals surface area contributed by atoms with Crippen LogP contribution in [-0.4, -0.2) is 35.7 Å². The second kappa shape index (κ2) is 7.95. The Balaban J connectivity index is 1.60. The number of carbonyl (C=O) groups excluding carboxylic acids is 1. The quantitative estimate of drug-likeness (QED) is 0.459. The summed E-state index contributed by atoms with van der Waals surface area (Å²) >= 11 is 0. The van der Waals surface area contributed by atoms with Gasteiger partial charge in [0.25, 0.3) is 5.91 Å². The molecule has 9 nitrogen and oxygen atoms in total. The van der Waals surface area contributed by atoms with Gasteiger partial charge in [-0.05, 0) is 42.8 Å². The van der Waals surface area contributed by atoms with Crippen molar-refractivity contribution in [1.82, 2.24) is 24.7 Å². The third-order valence-corrected chi connectivity index (χ3v) is 5.12. The first-order chi connectivity index (χ1) is 15.6. The zero-order valence-corrected chi connectivity index (χ0v) is 17.1. The molecule has 158 valence electrons. The number of aromatic nitrogens is 5. The number of phenols is 1. The number of amides is 1. The lowest BCUT2D eigenvalue weighted by Crippen LogP contribution is -2.31. The Bertz CT molecular complexity index is 1320. The first-order valence-electron chi connectivity index (χ1n) is 9.95. The van der Waals surface area contributed by atoms with Gasteiger partial charge in [0.15, 0.2) is 5.82 Å². The molecule has 1 aliphatic heterocycles. The molecule has 1 aromatic carbocycles. The van der Waals surface area contributed by atoms with E-state index in [2.05, 4.69) is 30.7 Å². The van der Waals surface area contributed by atoms with Gasteiger partial charge in [-0.1, -0.05) is 18.2 Å². The highest BCUT2D eigenvalue weighted by Crippen LogP contribution is 2.36. The van der Waals surface area contributed by atoms with Crippen LogP contribution in [0.2, 0.25) is 0 Å². The van der Waals surface area contributed by atoms with Crippen molar-refractivity contribution >= 4 is 17.5 Å². The lowest BCUT2D eigenvalue weighted by atomic mass is 9.96. The minimum atomic E-state index is -0.546. The van der Waals surface area contributed by atoms with E-state index < -0.39 is 6.04 Å². The van der Waals surface area contributed by atoms with E-state index in [9.17, 15) is 9.90 Å². The lowest BCUT2D eigenvalue weighted by molar-refractivity contribution is -0.113. The van der Waals surface area contributed by atoms with E-state index in [-0.39, 0.29) is 11.7 Å². The van der Waals surface area contributed by atoms with Crippen molar-refractivity contribution in [3.63, 3.8) is 0 Å². The predicted molar refractivity (Wildman–Crippen MR) is 119 cm³/mol. The van der Waals surface area contributed by atoms with Crippen molar-refractivity contribution in [2.75, 3.05) is 10.6 Å². The Labute approximate surface area is 183 Å². The molecule has 4 heterocycles. The predicted octanol–water partition coefficient (Wildman–Crippen LogP) is 3.37. The van der Waals surface area contributed by atoms with Gasteiger partial charge in [0.05, 0.1) is 17.5 Å². The van der Waals surface area contributed by atoms with Gasteiger partial charge < -0.3 is 15.7 Å². The average Bonchev–Trinajstić information content (AvgIpc) is 3.23. The van der Waals surface area contributed by atoms with E-state index in [4.69, 9.17) is 0 Å². The van der Waals surface area contributed by atoms with Crippen LogP contribution in [-0.2, 0) is 4.79 Å². The summed E-state index contributed by atoms with van der Waals surface area (Å²) in [7, 11) is 0. The SMILES string of the molecule is CC1=C(C(=O)Nc2cccnc2)C(c2cccnc2)n2nc(-c3cccc(O)c3)nc2N1. The Morgan fingerprint density at radius 2 is 1.91 bits per heavy atom. The highest BCUT2D eigenvalue weighted by atomic mass is 16.3. The first-order valence-corrected chi connectivity index (χ1v) is 9.95. The molecule has 1 unspecified atom stereocenters. The van der Waals surface area contributed by atoms with E-state index in [1.807, 2.05) is 25.1 Å². The summed E-state index contributed by atoms with van der Waals surface area (Å²) in [5, 5.41) is 20.6. The van der Waals surface area contributed by atoms with Gasteiger partial charge in [-0.2, -0.15) is 4.98 Å². The standard InChI is InChI=1S/C23H19N7O2/c1-14-19(22(32)27-17-7-4-10-25-13-17)20(16-6-3-9-24-12-16)30-23(26-14)28-21(29-30)15-5-2-8-18(31)11-15/h2-13,20,31H,1H3,(H,27,32)(H,26,28,29). The highest BCUT2D eigenvalue weighted by Gasteiger charge is 2.34. The van der Waals surface area contributed by atoms with Crippen LogP contribution in [0.5, 0.6) is 5.75 Å². The Morgan fingerprint density at radius 3 is 2.62 bits per heavy atom. The molecule has 9 heteroatoms. The third kappa shape index (κ3) is 3.56. The molecule has 5 rings (SSSR count). The van der Waals surface area contributed by atoms with Gasteiger partial charge in [-0.3, -0.25) is 14.8 Å². The van der Waals surface area contributed by atoms with E-state index in [0.717, 1.165) is 5.56 Å². The molecule has 0 fully saturated rings. The second-order valence-electron chi connectivity index (χ2n) is 7.30. The van der Waals surface area contributed by atoms with Crippen molar-refractivity contribution in [2.45, 2.75) is 13.0 Å². The van der Waals surface area contributed by atoms with Crippen molar-refractivity contribution in [3.8, 4) is 17.1 Å². The molecule has 0 bridgehead atoms. The monoisotopic (exact) mass is 425 g/mol. The molecule has 32 heavy (non-hydrogen) atoms. The van der Waals surface area contributed by atoms with E-state index in [1.165, 1.54) is 0 Å². The number of fused-ring (bicyclic) bond motifs is 1. The molecule has 0 saturated heterocycles. The minimum Gasteiger partial charge on any atom is -0.508 e. The summed E-state index contributed by atoms with van der Waals surface area (Å²) in [5.41, 5.74) is 3.19. The molecule has 3 aromatic heterocycles. The van der Waals surface area contributed by atoms with Gasteiger partial charge in [0, 0.05) is 29.9 Å². The summed E-state index contributed by atoms with van der Waals surface area (Å²) < 4.78 is 1.67. The number of hydrogen-bond donors (Lipinski definition) is 3. The van der Waals surface area contributed by atoms with Gasteiger partial charge in [0.1, 0.15) is 11.8 Å². The number of pyridine rings is 2. The zero-order valence-electron chi connectivity index (χ0n) is 17.1. The number of carbonyl (C=O) groups is 1. The highest BCUT2D eigenvalue weighted by molar-refractivity contribution is 6.05. The summed E-state index contributed by atoms with van der Waals surface area (Å²) in [6.07, 6.45) is 6.62. The van der Waals surface area contributed by atoms with Crippen LogP contribution in [0.1, 0.15) is 18.5 Å². The number of anilines is 2. The van der Waals surface area contributed by atoms with Crippen molar-refractivity contribution < 1.29 is 9.90 Å². The van der Waals surface area contributed by atoms with Crippen molar-refractivity contribution in [3.05, 3.63) is 90.2 Å². The number of hydrogen-bond acceptors (Lipinski definition) is 7. The Morgan fingerprint density at radius 1 is 1.09 bits per heavy atom. The van der Waals surface area contributed by atoms with Crippen molar-refractivity contribution in [2.24, 2.45) is 0 Å². The maximum absolute atomic E-state index is 13.3. The van der Waals surface area contributed by atoms with Crippen LogP contribution in [0.4, 0.5) is 11.6 Å². The van der Waals surface area contributed by atoms with E-state index in [1.54, 1.807) is 59.8 Å². The van der Waals surface area contributed by atoms with Gasteiger partial charge in [-0.25, -0.2) is 4.68 Å². The number of allylic oxidation sites excluding steroid dienone is 1. The fourth-order valence-electron chi connectivity index (χ4n) is 3.69. The molecule has 1 atom stereocenters. The molecule has 0 radical (unpaired) electrons. The van der Waals surface area contributed by atoms with Crippen LogP contribution in [0.3, 0.4) is 0 Å². The fraction of sp³-hybridized carbons (Fsp3) is 0.0870. The lowest BCUT2D eigenvalue weighted by Gasteiger charge is -2.28. The summed E-state index contributed by atoms with van der Waals surface area (Å²) in [6, 6.07) is 13.4. The number of nitrogens with one attached hydrogen (secondary N) is 2. The molecular formula is C23H19N7O2. The topological polar surface area (TPSA) is 118 Å². The normalized spacial score (nSPS) is 15.1. The Hall–Kier alpha value is -4.53. The van der Waals surface area contributed by atoms with Crippen LogP contribution in [0.25, 0.3) is 11.4 Å². The van der Waals surface area contributed by atoms with Gasteiger partial charge >= 0.3 is 0 Å². The first kappa shape index (κ1) is 19.4. The van der Waals surface area contributed by atoms with Gasteiger partial charge in [-0.15, -0.1) is 5.10 Å². The third-order valence-electron chi connectivity index (χ3n) is 5.12. The molecule has 0 aliphatic carbocycles. The summed E-state index contributed by atoms with van der Waals surface area (Å²) in [6.45, 7) is 1.83. The number of rotatable bonds is 4. The van der Waals surface area contributed by atoms with Crippen LogP contribution >= 0.6 is 0 Å². The van der Waals surface area contributed by atoms with Gasteiger partial charge in [0.2, 0.25) is 5.95 Å². The van der Waals surface area contributed by atoms with Crippen LogP contribution in [0.15, 0.2) is 84.6 Å². The number of benzene rings is 1. The average molecular weight is 425 g/mol. The zero-order chi connectivity index (χ0) is 22.1. The second-order valence-corrected chi connectivity index (χ2v) is 7.30. The number of aromatic hydroxyl groups is 1. The largest absolute Gasteiger partial charge is 0.508 e. The Kier molecular flexibility index (Phi) is 4.83. The molecule has 0 saturated carbocycles. The molecule has 4 aromatic rings. The van der Waals surface area contributed by atoms with Crippen LogP contribution in [0, 0.1) is 0 Å². The number of phenolic OH excluding ortho intramolecular Hbond substituents is 1. The van der Waals surface area contributed by atoms with Crippen LogP contribution < -0.4 is 10.6 Å². The number of nitrogens with zero attached hydrogens (tertiary/aromatic N) is 5. The van der Waals surface area contributed by atoms with E-state index >= 15 is 0 Å². The molecule has 1 aliphatic rings. The van der Waals surface area contributed by atoms with Crippen molar-refractivity contribution in [1.29, 1.82) is 0 Å². The summed E-state index contributed by atoms with van der Waals surface area (Å²) in [4.78, 5) is 26.2. The fourth-order valence-corrected chi connectivity index (χ4v) is 3.69. The molecule has 3 N–H and O–H groups in total. The molecular weight excluding hydrogens is 406 g/mol. The molecule has 0 spiro atoms. The smallest absolute Gasteiger partial charge is 0.255 e. The maximum Gasteiger partial charge on any atom is 0.255 e. The van der Waals surface area contributed by atoms with E-state index in [0.29, 0.717) is 34.3 Å². The minimum absolute atomic E-state index is 0.123.